The van der Waals surface area contributed by atoms with Crippen LogP contribution in [0.4, 0.5) is 0 Å². The minimum absolute atomic E-state index is 0.0635. The lowest BCUT2D eigenvalue weighted by atomic mass is 9.90. The summed E-state index contributed by atoms with van der Waals surface area (Å²) >= 11 is 1.35. The number of likely N-dealkylation sites (tertiary alicyclic amines) is 1. The van der Waals surface area contributed by atoms with Crippen molar-refractivity contribution < 1.29 is 9.32 Å². The van der Waals surface area contributed by atoms with Gasteiger partial charge in [-0.1, -0.05) is 46.9 Å². The fourth-order valence-electron chi connectivity index (χ4n) is 3.94. The Morgan fingerprint density at radius 2 is 2.04 bits per heavy atom. The smallest absolute Gasteiger partial charge is 0.230 e. The molecule has 1 saturated heterocycles. The first-order valence-electron chi connectivity index (χ1n) is 9.77. The second kappa shape index (κ2) is 8.22. The topological polar surface area (TPSA) is 72.1 Å². The number of rotatable bonds is 5. The monoisotopic (exact) mass is 396 g/mol. The van der Waals surface area contributed by atoms with Gasteiger partial charge in [-0.15, -0.1) is 5.10 Å². The van der Waals surface area contributed by atoms with Gasteiger partial charge in [0.05, 0.1) is 17.3 Å². The Balaban J connectivity index is 1.44. The number of piperidine rings is 1. The van der Waals surface area contributed by atoms with Crippen LogP contribution in [-0.4, -0.2) is 38.6 Å². The third-order valence-corrected chi connectivity index (χ3v) is 6.22. The zero-order valence-electron chi connectivity index (χ0n) is 16.2. The molecule has 6 nitrogen and oxygen atoms in total. The molecule has 3 aromatic rings. The van der Waals surface area contributed by atoms with Crippen LogP contribution in [-0.2, 0) is 4.79 Å². The highest BCUT2D eigenvalue weighted by atomic mass is 32.1. The molecule has 0 spiro atoms. The molecular weight excluding hydrogens is 372 g/mol. The Morgan fingerprint density at radius 3 is 2.68 bits per heavy atom. The molecule has 2 aromatic heterocycles. The third-order valence-electron chi connectivity index (χ3n) is 5.47. The Hall–Kier alpha value is -2.54. The summed E-state index contributed by atoms with van der Waals surface area (Å²) in [7, 11) is 0. The summed E-state index contributed by atoms with van der Waals surface area (Å²) in [5.74, 6) is 1.19. The van der Waals surface area contributed by atoms with E-state index in [0.29, 0.717) is 5.92 Å². The summed E-state index contributed by atoms with van der Waals surface area (Å²) in [6, 6.07) is 12.0. The van der Waals surface area contributed by atoms with Crippen molar-refractivity contribution in [2.75, 3.05) is 13.1 Å². The number of aromatic nitrogens is 3. The molecule has 1 aromatic carbocycles. The molecule has 1 fully saturated rings. The number of benzene rings is 1. The molecule has 0 N–H and O–H groups in total. The fraction of sp³-hybridized carbons (Fsp3) is 0.429. The Morgan fingerprint density at radius 1 is 1.29 bits per heavy atom. The van der Waals surface area contributed by atoms with E-state index in [1.165, 1.54) is 11.5 Å². The molecule has 4 rings (SSSR count). The van der Waals surface area contributed by atoms with Gasteiger partial charge in [0.15, 0.2) is 5.76 Å². The number of carbonyl (C=O) groups is 1. The van der Waals surface area contributed by atoms with Gasteiger partial charge in [0.2, 0.25) is 5.91 Å². The van der Waals surface area contributed by atoms with Crippen LogP contribution in [0.25, 0.3) is 10.6 Å². The maximum absolute atomic E-state index is 13.1. The molecule has 0 unspecified atom stereocenters. The molecule has 3 heterocycles. The summed E-state index contributed by atoms with van der Waals surface area (Å²) in [5, 5.41) is 8.35. The van der Waals surface area contributed by atoms with Crippen LogP contribution in [0.1, 0.15) is 55.0 Å². The van der Waals surface area contributed by atoms with E-state index >= 15 is 0 Å². The first-order chi connectivity index (χ1) is 13.7. The van der Waals surface area contributed by atoms with E-state index in [4.69, 9.17) is 4.52 Å². The lowest BCUT2D eigenvalue weighted by Gasteiger charge is -2.33. The molecule has 1 atom stereocenters. The normalized spacial score (nSPS) is 16.3. The van der Waals surface area contributed by atoms with Gasteiger partial charge in [-0.05, 0) is 43.3 Å². The summed E-state index contributed by atoms with van der Waals surface area (Å²) in [5.41, 5.74) is 2.92. The minimum atomic E-state index is -0.0635. The molecule has 0 radical (unpaired) electrons. The van der Waals surface area contributed by atoms with E-state index in [2.05, 4.69) is 21.7 Å². The van der Waals surface area contributed by atoms with Crippen molar-refractivity contribution in [3.63, 3.8) is 0 Å². The van der Waals surface area contributed by atoms with Crippen LogP contribution in [0, 0.1) is 6.92 Å². The van der Waals surface area contributed by atoms with Crippen molar-refractivity contribution in [1.29, 1.82) is 0 Å². The first-order valence-corrected chi connectivity index (χ1v) is 10.5. The Kier molecular flexibility index (Phi) is 5.52. The van der Waals surface area contributed by atoms with Crippen molar-refractivity contribution in [2.24, 2.45) is 0 Å². The Bertz CT molecular complexity index is 929. The van der Waals surface area contributed by atoms with E-state index in [0.717, 1.165) is 59.9 Å². The number of nitrogens with zero attached hydrogens (tertiary/aromatic N) is 4. The van der Waals surface area contributed by atoms with Crippen LogP contribution < -0.4 is 0 Å². The third kappa shape index (κ3) is 3.71. The number of amides is 1. The van der Waals surface area contributed by atoms with Gasteiger partial charge >= 0.3 is 0 Å². The first kappa shape index (κ1) is 18.8. The summed E-state index contributed by atoms with van der Waals surface area (Å²) in [6.07, 6.45) is 2.60. The molecule has 0 aliphatic carbocycles. The number of hydrogen-bond acceptors (Lipinski definition) is 6. The predicted molar refractivity (Wildman–Crippen MR) is 108 cm³/mol. The van der Waals surface area contributed by atoms with Crippen molar-refractivity contribution in [3.05, 3.63) is 53.3 Å². The molecule has 28 heavy (non-hydrogen) atoms. The van der Waals surface area contributed by atoms with Crippen molar-refractivity contribution in [1.82, 2.24) is 19.6 Å². The number of aryl methyl sites for hydroxylation is 1. The fourth-order valence-corrected chi connectivity index (χ4v) is 4.64. The average Bonchev–Trinajstić information content (AvgIpc) is 3.38. The molecular formula is C21H24N4O2S. The van der Waals surface area contributed by atoms with E-state index in [1.807, 2.05) is 48.2 Å². The van der Waals surface area contributed by atoms with E-state index in [1.54, 1.807) is 0 Å². The van der Waals surface area contributed by atoms with E-state index in [9.17, 15) is 4.79 Å². The van der Waals surface area contributed by atoms with Crippen molar-refractivity contribution in [3.8, 4) is 10.6 Å². The summed E-state index contributed by atoms with van der Waals surface area (Å²) < 4.78 is 9.55. The Labute approximate surface area is 168 Å². The predicted octanol–water partition coefficient (Wildman–Crippen LogP) is 4.40. The van der Waals surface area contributed by atoms with Gasteiger partial charge in [0.1, 0.15) is 4.88 Å². The maximum Gasteiger partial charge on any atom is 0.230 e. The van der Waals surface area contributed by atoms with Gasteiger partial charge in [-0.3, -0.25) is 4.79 Å². The van der Waals surface area contributed by atoms with E-state index in [-0.39, 0.29) is 11.8 Å². The van der Waals surface area contributed by atoms with Crippen molar-refractivity contribution >= 4 is 17.4 Å². The van der Waals surface area contributed by atoms with Crippen LogP contribution >= 0.6 is 11.5 Å². The number of carbonyl (C=O) groups excluding carboxylic acids is 1. The molecule has 1 amide bonds. The maximum atomic E-state index is 13.1. The van der Waals surface area contributed by atoms with E-state index < -0.39 is 0 Å². The number of hydrogen-bond donors (Lipinski definition) is 0. The van der Waals surface area contributed by atoms with Gasteiger partial charge in [0, 0.05) is 25.1 Å². The quantitative estimate of drug-likeness (QED) is 0.639. The highest BCUT2D eigenvalue weighted by Crippen LogP contribution is 2.37. The zero-order chi connectivity index (χ0) is 19.5. The molecule has 1 aliphatic heterocycles. The summed E-state index contributed by atoms with van der Waals surface area (Å²) in [6.45, 7) is 5.48. The van der Waals surface area contributed by atoms with Gasteiger partial charge in [0.25, 0.3) is 0 Å². The second-order valence-corrected chi connectivity index (χ2v) is 8.05. The standard InChI is InChI=1S/C21H24N4O2S/c1-3-17(15-7-5-4-6-8-15)21(26)25-11-9-16(10-12-25)19-20(28-24-22-19)18-13-14(2)23-27-18/h4-8,13,16-17H,3,9-12H2,1-2H3/t17-/m0/s1. The molecule has 1 aliphatic rings. The van der Waals surface area contributed by atoms with Crippen LogP contribution in [0.15, 0.2) is 40.9 Å². The molecule has 7 heteroatoms. The lowest BCUT2D eigenvalue weighted by Crippen LogP contribution is -2.40. The van der Waals surface area contributed by atoms with Gasteiger partial charge < -0.3 is 9.42 Å². The summed E-state index contributed by atoms with van der Waals surface area (Å²) in [4.78, 5) is 16.1. The molecule has 0 bridgehead atoms. The molecule has 146 valence electrons. The van der Waals surface area contributed by atoms with Crippen LogP contribution in [0.2, 0.25) is 0 Å². The second-order valence-electron chi connectivity index (χ2n) is 7.29. The SMILES string of the molecule is CC[C@H](C(=O)N1CCC(c2nnsc2-c2cc(C)no2)CC1)c1ccccc1. The van der Waals surface area contributed by atoms with Gasteiger partial charge in [-0.25, -0.2) is 0 Å². The zero-order valence-corrected chi connectivity index (χ0v) is 17.0. The van der Waals surface area contributed by atoms with Crippen LogP contribution in [0.3, 0.4) is 0 Å². The highest BCUT2D eigenvalue weighted by Gasteiger charge is 2.31. The van der Waals surface area contributed by atoms with Crippen LogP contribution in [0.5, 0.6) is 0 Å². The average molecular weight is 397 g/mol. The molecule has 0 saturated carbocycles. The largest absolute Gasteiger partial charge is 0.355 e. The van der Waals surface area contributed by atoms with Gasteiger partial charge in [-0.2, -0.15) is 0 Å². The van der Waals surface area contributed by atoms with Crippen molar-refractivity contribution in [2.45, 2.75) is 44.9 Å². The highest BCUT2D eigenvalue weighted by molar-refractivity contribution is 7.09. The lowest BCUT2D eigenvalue weighted by molar-refractivity contribution is -0.134. The minimum Gasteiger partial charge on any atom is -0.355 e.